The van der Waals surface area contributed by atoms with Crippen LogP contribution < -0.4 is 11.1 Å². The van der Waals surface area contributed by atoms with E-state index >= 15 is 0 Å². The molecule has 0 bridgehead atoms. The number of alkyl halides is 4. The molecule has 5 rings (SSSR count). The van der Waals surface area contributed by atoms with Gasteiger partial charge < -0.3 is 16.0 Å². The highest BCUT2D eigenvalue weighted by Gasteiger charge is 2.38. The molecule has 40 heavy (non-hydrogen) atoms. The zero-order valence-corrected chi connectivity index (χ0v) is 20.8. The Bertz CT molecular complexity index is 1640. The first-order valence-corrected chi connectivity index (χ1v) is 11.9. The molecule has 2 aromatic heterocycles. The molecule has 3 heterocycles. The maximum absolute atomic E-state index is 15.0. The minimum Gasteiger partial charge on any atom is -0.382 e. The van der Waals surface area contributed by atoms with E-state index in [0.717, 1.165) is 40.0 Å². The van der Waals surface area contributed by atoms with Gasteiger partial charge in [-0.3, -0.25) is 9.59 Å². The van der Waals surface area contributed by atoms with Gasteiger partial charge in [-0.2, -0.15) is 18.3 Å². The van der Waals surface area contributed by atoms with Crippen molar-refractivity contribution in [3.8, 4) is 11.3 Å². The number of nitrogen functional groups attached to an aromatic ring is 1. The fourth-order valence-corrected chi connectivity index (χ4v) is 4.72. The molecule has 2 atom stereocenters. The van der Waals surface area contributed by atoms with E-state index in [1.807, 2.05) is 0 Å². The first-order valence-electron chi connectivity index (χ1n) is 11.5. The van der Waals surface area contributed by atoms with Crippen molar-refractivity contribution in [2.75, 3.05) is 18.8 Å². The number of likely N-dealkylation sites (tertiary alicyclic amines) is 1. The van der Waals surface area contributed by atoms with E-state index in [9.17, 15) is 35.9 Å². The molecule has 3 N–H and O–H groups in total. The molecule has 0 unspecified atom stereocenters. The minimum atomic E-state index is -4.89. The number of nitrogens with two attached hydrogens (primary N) is 1. The maximum Gasteiger partial charge on any atom is 0.418 e. The molecule has 0 spiro atoms. The van der Waals surface area contributed by atoms with E-state index < -0.39 is 69.3 Å². The second-order valence-electron chi connectivity index (χ2n) is 8.97. The Balaban J connectivity index is 1.44. The number of aromatic nitrogens is 3. The Labute approximate surface area is 226 Å². The van der Waals surface area contributed by atoms with Crippen molar-refractivity contribution in [2.45, 2.75) is 18.4 Å². The van der Waals surface area contributed by atoms with Crippen molar-refractivity contribution in [2.24, 2.45) is 0 Å². The highest BCUT2D eigenvalue weighted by Crippen LogP contribution is 2.40. The second kappa shape index (κ2) is 10.0. The summed E-state index contributed by atoms with van der Waals surface area (Å²) >= 11 is 6.08. The Hall–Kier alpha value is -4.33. The van der Waals surface area contributed by atoms with Gasteiger partial charge in [0, 0.05) is 17.7 Å². The van der Waals surface area contributed by atoms with E-state index in [1.165, 1.54) is 12.1 Å². The number of nitrogens with one attached hydrogen (secondary N) is 1. The van der Waals surface area contributed by atoms with Gasteiger partial charge in [-0.1, -0.05) is 11.6 Å². The molecule has 15 heteroatoms. The molecule has 1 saturated heterocycles. The topological polar surface area (TPSA) is 106 Å². The van der Waals surface area contributed by atoms with Crippen molar-refractivity contribution < 1.29 is 35.9 Å². The van der Waals surface area contributed by atoms with Gasteiger partial charge in [0.25, 0.3) is 11.8 Å². The van der Waals surface area contributed by atoms with Crippen molar-refractivity contribution >= 4 is 34.7 Å². The molecule has 8 nitrogen and oxygen atoms in total. The van der Waals surface area contributed by atoms with Gasteiger partial charge in [-0.05, 0) is 42.5 Å². The van der Waals surface area contributed by atoms with Gasteiger partial charge in [0.15, 0.2) is 5.82 Å². The third-order valence-corrected chi connectivity index (χ3v) is 6.72. The molecular weight excluding hydrogens is 566 g/mol. The first-order chi connectivity index (χ1) is 18.8. The number of nitrogens with zero attached hydrogens (tertiary/aromatic N) is 4. The van der Waals surface area contributed by atoms with E-state index in [0.29, 0.717) is 6.07 Å². The lowest BCUT2D eigenvalue weighted by Gasteiger charge is -2.17. The molecule has 1 aliphatic heterocycles. The summed E-state index contributed by atoms with van der Waals surface area (Å²) in [6.45, 7) is -0.593. The predicted octanol–water partition coefficient (Wildman–Crippen LogP) is 4.52. The number of benzene rings is 2. The lowest BCUT2D eigenvalue weighted by molar-refractivity contribution is -0.136. The van der Waals surface area contributed by atoms with Crippen LogP contribution in [0.1, 0.15) is 26.3 Å². The van der Waals surface area contributed by atoms with Crippen LogP contribution in [0.15, 0.2) is 48.8 Å². The zero-order chi connectivity index (χ0) is 28.9. The van der Waals surface area contributed by atoms with Gasteiger partial charge in [-0.15, -0.1) is 0 Å². The van der Waals surface area contributed by atoms with Crippen LogP contribution in [0.4, 0.5) is 32.2 Å². The van der Waals surface area contributed by atoms with E-state index in [1.54, 1.807) is 0 Å². The molecule has 1 aliphatic rings. The Morgan fingerprint density at radius 1 is 1.07 bits per heavy atom. The van der Waals surface area contributed by atoms with Crippen LogP contribution in [-0.2, 0) is 6.18 Å². The van der Waals surface area contributed by atoms with Crippen LogP contribution in [-0.4, -0.2) is 56.6 Å². The van der Waals surface area contributed by atoms with Gasteiger partial charge >= 0.3 is 6.18 Å². The summed E-state index contributed by atoms with van der Waals surface area (Å²) in [7, 11) is 0. The molecular formula is C25H17ClF6N6O2. The number of hydrogen-bond acceptors (Lipinski definition) is 5. The number of anilines is 1. The van der Waals surface area contributed by atoms with Crippen LogP contribution >= 0.6 is 11.6 Å². The van der Waals surface area contributed by atoms with Crippen molar-refractivity contribution in [1.29, 1.82) is 0 Å². The summed E-state index contributed by atoms with van der Waals surface area (Å²) in [5, 5.41) is 5.76. The van der Waals surface area contributed by atoms with Crippen molar-refractivity contribution in [3.63, 3.8) is 0 Å². The summed E-state index contributed by atoms with van der Waals surface area (Å²) in [6, 6.07) is 5.72. The van der Waals surface area contributed by atoms with Crippen LogP contribution in [0, 0.1) is 11.6 Å². The lowest BCUT2D eigenvalue weighted by atomic mass is 10.1. The van der Waals surface area contributed by atoms with Crippen molar-refractivity contribution in [1.82, 2.24) is 24.8 Å². The van der Waals surface area contributed by atoms with Gasteiger partial charge in [0.2, 0.25) is 0 Å². The average molecular weight is 583 g/mol. The molecule has 208 valence electrons. The van der Waals surface area contributed by atoms with Gasteiger partial charge in [0.05, 0.1) is 34.4 Å². The first kappa shape index (κ1) is 27.2. The molecule has 1 fully saturated rings. The predicted molar refractivity (Wildman–Crippen MR) is 131 cm³/mol. The number of carbonyl (C=O) groups excluding carboxylic acids is 2. The summed E-state index contributed by atoms with van der Waals surface area (Å²) in [5.74, 6) is -3.66. The number of amides is 2. The molecule has 0 aliphatic carbocycles. The number of hydrogen-bond donors (Lipinski definition) is 2. The Morgan fingerprint density at radius 2 is 1.77 bits per heavy atom. The van der Waals surface area contributed by atoms with Crippen LogP contribution in [0.25, 0.3) is 16.8 Å². The van der Waals surface area contributed by atoms with Gasteiger partial charge in [-0.25, -0.2) is 22.7 Å². The average Bonchev–Trinajstić information content (AvgIpc) is 3.46. The molecule has 0 saturated carbocycles. The standard InChI is InChI=1S/C25H17ClF6N6O2/c26-16-7-17(28)14(20-6-15(25(30,31)32)21-22(33)34-10-35-38(20)21)5-13(16)23(39)36-19-9-37(8-18(19)29)24(40)11-1-3-12(27)4-2-11/h1-7,10,18-19H,8-9H2,(H,36,39)(H2,33,34,35)/t18-,19+/m0/s1. The zero-order valence-electron chi connectivity index (χ0n) is 20.0. The largest absolute Gasteiger partial charge is 0.418 e. The van der Waals surface area contributed by atoms with Crippen LogP contribution in [0.5, 0.6) is 0 Å². The second-order valence-corrected chi connectivity index (χ2v) is 9.38. The highest BCUT2D eigenvalue weighted by molar-refractivity contribution is 6.34. The lowest BCUT2D eigenvalue weighted by Crippen LogP contribution is -2.42. The summed E-state index contributed by atoms with van der Waals surface area (Å²) in [6.07, 6.45) is -5.69. The summed E-state index contributed by atoms with van der Waals surface area (Å²) in [4.78, 5) is 30.4. The van der Waals surface area contributed by atoms with Crippen LogP contribution in [0.3, 0.4) is 0 Å². The third kappa shape index (κ3) is 4.90. The Morgan fingerprint density at radius 3 is 2.45 bits per heavy atom. The fraction of sp³-hybridized carbons (Fsp3) is 0.200. The van der Waals surface area contributed by atoms with Crippen molar-refractivity contribution in [3.05, 3.63) is 82.1 Å². The molecule has 0 radical (unpaired) electrons. The van der Waals surface area contributed by atoms with E-state index in [4.69, 9.17) is 17.3 Å². The fourth-order valence-electron chi connectivity index (χ4n) is 4.48. The molecule has 2 aromatic carbocycles. The monoisotopic (exact) mass is 582 g/mol. The van der Waals surface area contributed by atoms with Gasteiger partial charge in [0.1, 0.15) is 29.7 Å². The number of halogens is 7. The van der Waals surface area contributed by atoms with E-state index in [2.05, 4.69) is 15.4 Å². The summed E-state index contributed by atoms with van der Waals surface area (Å²) < 4.78 is 84.8. The third-order valence-electron chi connectivity index (χ3n) is 6.41. The maximum atomic E-state index is 15.0. The van der Waals surface area contributed by atoms with Crippen LogP contribution in [0.2, 0.25) is 5.02 Å². The normalized spacial score (nSPS) is 17.4. The number of rotatable bonds is 4. The number of fused-ring (bicyclic) bond motifs is 1. The van der Waals surface area contributed by atoms with E-state index in [-0.39, 0.29) is 29.9 Å². The number of carbonyl (C=O) groups is 2. The summed E-state index contributed by atoms with van der Waals surface area (Å²) in [5.41, 5.74) is 2.71. The Kier molecular flexibility index (Phi) is 6.82. The SMILES string of the molecule is Nc1ncnn2c(-c3cc(C(=O)N[C@@H]4CN(C(=O)c5ccc(F)cc5)C[C@@H]4F)c(Cl)cc3F)cc(C(F)(F)F)c12. The quantitative estimate of drug-likeness (QED) is 0.344. The highest BCUT2D eigenvalue weighted by atomic mass is 35.5. The minimum absolute atomic E-state index is 0.119. The smallest absolute Gasteiger partial charge is 0.382 e. The molecule has 2 amide bonds. The molecule has 4 aromatic rings.